The maximum atomic E-state index is 12.6. The number of carbonyl (C=O) groups is 2. The molecule has 146 valence electrons. The number of nitrogens with zero attached hydrogens (tertiary/aromatic N) is 1. The third-order valence-electron chi connectivity index (χ3n) is 5.07. The minimum absolute atomic E-state index is 0.0861. The Morgan fingerprint density at radius 2 is 2.04 bits per heavy atom. The van der Waals surface area contributed by atoms with E-state index in [2.05, 4.69) is 0 Å². The highest BCUT2D eigenvalue weighted by Gasteiger charge is 2.42. The van der Waals surface area contributed by atoms with Crippen LogP contribution in [-0.2, 0) is 14.3 Å². The summed E-state index contributed by atoms with van der Waals surface area (Å²) in [7, 11) is 0. The summed E-state index contributed by atoms with van der Waals surface area (Å²) in [5, 5.41) is 11.1. The Balaban J connectivity index is 1.82. The zero-order valence-electron chi connectivity index (χ0n) is 15.1. The molecule has 0 spiro atoms. The summed E-state index contributed by atoms with van der Waals surface area (Å²) < 4.78 is 5.36. The molecule has 8 heteroatoms. The van der Waals surface area contributed by atoms with Gasteiger partial charge in [0.25, 0.3) is 5.91 Å². The Kier molecular flexibility index (Phi) is 6.42. The fourth-order valence-electron chi connectivity index (χ4n) is 3.70. The average Bonchev–Trinajstić information content (AvgIpc) is 2.87. The largest absolute Gasteiger partial charge is 0.503 e. The first-order valence-corrected chi connectivity index (χ1v) is 9.77. The number of amides is 1. The van der Waals surface area contributed by atoms with E-state index in [0.29, 0.717) is 22.2 Å². The van der Waals surface area contributed by atoms with Crippen LogP contribution in [0.2, 0.25) is 10.0 Å². The molecule has 0 saturated carbocycles. The number of benzene rings is 1. The standard InChI is InChI=1S/C19H22Cl2N2O4/c1-12(24)16-17(14-4-3-13(20)11-15(14)21)23(19(26)18(16)25)6-2-5-22-7-9-27-10-8-22/h3-4,11,17,25H,2,5-10H2,1H3/p+1/t17-/m1/s1. The zero-order valence-corrected chi connectivity index (χ0v) is 16.6. The summed E-state index contributed by atoms with van der Waals surface area (Å²) in [5.41, 5.74) is 0.672. The summed E-state index contributed by atoms with van der Waals surface area (Å²) in [5.74, 6) is -1.37. The zero-order chi connectivity index (χ0) is 19.6. The molecule has 6 nitrogen and oxygen atoms in total. The van der Waals surface area contributed by atoms with E-state index < -0.39 is 17.7 Å². The molecule has 0 unspecified atom stereocenters. The van der Waals surface area contributed by atoms with Crippen LogP contribution in [0.1, 0.15) is 24.9 Å². The van der Waals surface area contributed by atoms with Crippen LogP contribution in [0.15, 0.2) is 29.5 Å². The van der Waals surface area contributed by atoms with Crippen molar-refractivity contribution < 1.29 is 24.3 Å². The monoisotopic (exact) mass is 413 g/mol. The van der Waals surface area contributed by atoms with Crippen LogP contribution < -0.4 is 4.90 Å². The van der Waals surface area contributed by atoms with E-state index in [1.54, 1.807) is 18.2 Å². The number of rotatable bonds is 6. The van der Waals surface area contributed by atoms with Gasteiger partial charge in [-0.3, -0.25) is 9.59 Å². The van der Waals surface area contributed by atoms with E-state index in [1.165, 1.54) is 16.7 Å². The lowest BCUT2D eigenvalue weighted by Gasteiger charge is -2.29. The topological polar surface area (TPSA) is 71.3 Å². The lowest BCUT2D eigenvalue weighted by molar-refractivity contribution is -0.908. The minimum Gasteiger partial charge on any atom is -0.503 e. The maximum Gasteiger partial charge on any atom is 0.290 e. The maximum absolute atomic E-state index is 12.6. The molecule has 0 aliphatic carbocycles. The van der Waals surface area contributed by atoms with Gasteiger partial charge < -0.3 is 19.6 Å². The van der Waals surface area contributed by atoms with Crippen LogP contribution in [-0.4, -0.2) is 61.1 Å². The van der Waals surface area contributed by atoms with Gasteiger partial charge in [0.15, 0.2) is 11.5 Å². The lowest BCUT2D eigenvalue weighted by Crippen LogP contribution is -3.14. The molecule has 2 aliphatic rings. The van der Waals surface area contributed by atoms with Crippen molar-refractivity contribution in [2.24, 2.45) is 0 Å². The SMILES string of the molecule is CC(=O)C1=C(O)C(=O)N(CCC[NH+]2CCOCC2)[C@@H]1c1ccc(Cl)cc1Cl. The van der Waals surface area contributed by atoms with Crippen LogP contribution in [0.3, 0.4) is 0 Å². The Hall–Kier alpha value is -1.60. The Morgan fingerprint density at radius 3 is 2.67 bits per heavy atom. The lowest BCUT2D eigenvalue weighted by atomic mass is 9.96. The Bertz CT molecular complexity index is 775. The number of hydrogen-bond donors (Lipinski definition) is 2. The number of hydrogen-bond acceptors (Lipinski definition) is 4. The van der Waals surface area contributed by atoms with E-state index in [-0.39, 0.29) is 11.4 Å². The number of halogens is 2. The molecule has 2 aliphatic heterocycles. The quantitative estimate of drug-likeness (QED) is 0.742. The smallest absolute Gasteiger partial charge is 0.290 e. The number of ketones is 1. The normalized spacial score (nSPS) is 21.2. The van der Waals surface area contributed by atoms with E-state index in [0.717, 1.165) is 39.3 Å². The fraction of sp³-hybridized carbons (Fsp3) is 0.474. The van der Waals surface area contributed by atoms with Gasteiger partial charge in [0, 0.05) is 23.0 Å². The molecule has 27 heavy (non-hydrogen) atoms. The average molecular weight is 414 g/mol. The van der Waals surface area contributed by atoms with Gasteiger partial charge in [-0.2, -0.15) is 0 Å². The summed E-state index contributed by atoms with van der Waals surface area (Å²) in [6, 6.07) is 4.24. The second-order valence-electron chi connectivity index (χ2n) is 6.85. The van der Waals surface area contributed by atoms with Gasteiger partial charge in [-0.1, -0.05) is 29.3 Å². The van der Waals surface area contributed by atoms with Crippen LogP contribution in [0.4, 0.5) is 0 Å². The van der Waals surface area contributed by atoms with Crippen molar-refractivity contribution in [3.8, 4) is 0 Å². The van der Waals surface area contributed by atoms with Crippen molar-refractivity contribution in [3.63, 3.8) is 0 Å². The van der Waals surface area contributed by atoms with Crippen molar-refractivity contribution >= 4 is 34.9 Å². The number of nitrogens with one attached hydrogen (secondary N) is 1. The van der Waals surface area contributed by atoms with Crippen LogP contribution in [0, 0.1) is 0 Å². The van der Waals surface area contributed by atoms with Crippen LogP contribution >= 0.6 is 23.2 Å². The minimum atomic E-state index is -0.695. The number of carbonyl (C=O) groups excluding carboxylic acids is 2. The predicted octanol–water partition coefficient (Wildman–Crippen LogP) is 1.58. The third-order valence-corrected chi connectivity index (χ3v) is 5.63. The van der Waals surface area contributed by atoms with Gasteiger partial charge >= 0.3 is 0 Å². The van der Waals surface area contributed by atoms with Gasteiger partial charge in [0.2, 0.25) is 0 Å². The second-order valence-corrected chi connectivity index (χ2v) is 7.69. The molecular formula is C19H23Cl2N2O4+. The number of aliphatic hydroxyl groups excluding tert-OH is 1. The summed E-state index contributed by atoms with van der Waals surface area (Å²) in [6.45, 7) is 6.05. The van der Waals surface area contributed by atoms with E-state index in [4.69, 9.17) is 27.9 Å². The highest BCUT2D eigenvalue weighted by atomic mass is 35.5. The fourth-order valence-corrected chi connectivity index (χ4v) is 4.21. The van der Waals surface area contributed by atoms with Gasteiger partial charge in [0.05, 0.1) is 31.4 Å². The number of Topliss-reactive ketones (excluding diaryl/α,β-unsaturated/α-hetero) is 1. The molecule has 1 saturated heterocycles. The summed E-state index contributed by atoms with van der Waals surface area (Å²) >= 11 is 12.3. The van der Waals surface area contributed by atoms with Crippen molar-refractivity contribution in [2.45, 2.75) is 19.4 Å². The number of aliphatic hydroxyl groups is 1. The first-order chi connectivity index (χ1) is 12.9. The van der Waals surface area contributed by atoms with Crippen molar-refractivity contribution in [1.29, 1.82) is 0 Å². The van der Waals surface area contributed by atoms with Crippen molar-refractivity contribution in [1.82, 2.24) is 4.90 Å². The molecule has 1 amide bonds. The highest BCUT2D eigenvalue weighted by Crippen LogP contribution is 2.41. The molecule has 1 atom stereocenters. The number of quaternary nitrogens is 1. The van der Waals surface area contributed by atoms with Crippen molar-refractivity contribution in [2.75, 3.05) is 39.4 Å². The van der Waals surface area contributed by atoms with Crippen LogP contribution in [0.5, 0.6) is 0 Å². The molecule has 1 aromatic carbocycles. The van der Waals surface area contributed by atoms with Crippen LogP contribution in [0.25, 0.3) is 0 Å². The molecule has 3 rings (SSSR count). The molecular weight excluding hydrogens is 391 g/mol. The van der Waals surface area contributed by atoms with E-state index in [1.807, 2.05) is 0 Å². The molecule has 1 fully saturated rings. The predicted molar refractivity (Wildman–Crippen MR) is 102 cm³/mol. The second kappa shape index (κ2) is 8.61. The molecule has 0 bridgehead atoms. The van der Waals surface area contributed by atoms with E-state index in [9.17, 15) is 14.7 Å². The Morgan fingerprint density at radius 1 is 1.33 bits per heavy atom. The van der Waals surface area contributed by atoms with Gasteiger partial charge in [-0.05, 0) is 24.6 Å². The van der Waals surface area contributed by atoms with Crippen molar-refractivity contribution in [3.05, 3.63) is 45.1 Å². The van der Waals surface area contributed by atoms with Gasteiger partial charge in [-0.25, -0.2) is 0 Å². The van der Waals surface area contributed by atoms with Gasteiger partial charge in [0.1, 0.15) is 13.1 Å². The molecule has 1 aromatic rings. The number of ether oxygens (including phenoxy) is 1. The highest BCUT2D eigenvalue weighted by molar-refractivity contribution is 6.35. The summed E-state index contributed by atoms with van der Waals surface area (Å²) in [4.78, 5) is 27.7. The number of morpholine rings is 1. The molecule has 0 radical (unpaired) electrons. The molecule has 0 aromatic heterocycles. The first-order valence-electron chi connectivity index (χ1n) is 9.01. The Labute approximate surface area is 168 Å². The first kappa shape index (κ1) is 20.1. The third kappa shape index (κ3) is 4.29. The van der Waals surface area contributed by atoms with E-state index >= 15 is 0 Å². The molecule has 2 heterocycles. The molecule has 2 N–H and O–H groups in total. The summed E-state index contributed by atoms with van der Waals surface area (Å²) in [6.07, 6.45) is 0.751. The van der Waals surface area contributed by atoms with Gasteiger partial charge in [-0.15, -0.1) is 0 Å².